The van der Waals surface area contributed by atoms with Crippen LogP contribution in [0.2, 0.25) is 0 Å². The number of carbonyl (C=O) groups is 1. The van der Waals surface area contributed by atoms with Crippen molar-refractivity contribution in [2.24, 2.45) is 10.9 Å². The van der Waals surface area contributed by atoms with Gasteiger partial charge in [0.1, 0.15) is 5.84 Å². The van der Waals surface area contributed by atoms with Gasteiger partial charge in [-0.15, -0.1) is 11.8 Å². The molecule has 5 nitrogen and oxygen atoms in total. The Morgan fingerprint density at radius 1 is 1.61 bits per heavy atom. The molecule has 1 amide bonds. The summed E-state index contributed by atoms with van der Waals surface area (Å²) in [6.07, 6.45) is 2.43. The molecule has 0 radical (unpaired) electrons. The molecular weight excluding hydrogens is 250 g/mol. The monoisotopic (exact) mass is 273 g/mol. The first-order valence-electron chi connectivity index (χ1n) is 6.32. The molecule has 0 spiro atoms. The van der Waals surface area contributed by atoms with Crippen molar-refractivity contribution >= 4 is 23.5 Å². The summed E-state index contributed by atoms with van der Waals surface area (Å²) < 4.78 is -0.296. The smallest absolute Gasteiger partial charge is 0.238 e. The zero-order valence-corrected chi connectivity index (χ0v) is 12.2. The number of carbonyl (C=O) groups excluding carboxylic acids is 1. The molecule has 1 aliphatic heterocycles. The van der Waals surface area contributed by atoms with E-state index in [9.17, 15) is 4.79 Å². The van der Waals surface area contributed by atoms with Gasteiger partial charge in [-0.25, -0.2) is 0 Å². The van der Waals surface area contributed by atoms with Gasteiger partial charge in [0.15, 0.2) is 0 Å². The number of hydrogen-bond acceptors (Lipinski definition) is 4. The van der Waals surface area contributed by atoms with E-state index in [1.807, 2.05) is 25.7 Å². The highest BCUT2D eigenvalue weighted by molar-refractivity contribution is 8.01. The molecule has 1 rings (SSSR count). The van der Waals surface area contributed by atoms with Crippen LogP contribution in [0.25, 0.3) is 0 Å². The minimum Gasteiger partial charge on any atom is -0.409 e. The van der Waals surface area contributed by atoms with Crippen molar-refractivity contribution < 1.29 is 10.0 Å². The summed E-state index contributed by atoms with van der Waals surface area (Å²) in [7, 11) is 0. The first-order valence-corrected chi connectivity index (χ1v) is 7.30. The second-order valence-corrected chi connectivity index (χ2v) is 6.71. The van der Waals surface area contributed by atoms with Crippen molar-refractivity contribution in [1.82, 2.24) is 4.90 Å². The number of oxime groups is 1. The van der Waals surface area contributed by atoms with Crippen molar-refractivity contribution in [3.05, 3.63) is 0 Å². The number of thioether (sulfide) groups is 1. The lowest BCUT2D eigenvalue weighted by atomic mass is 10.0. The first kappa shape index (κ1) is 15.1. The fourth-order valence-corrected chi connectivity index (χ4v) is 3.40. The molecule has 1 aliphatic rings. The topological polar surface area (TPSA) is 78.9 Å². The summed E-state index contributed by atoms with van der Waals surface area (Å²) in [5.74, 6) is 1.39. The molecule has 0 bridgehead atoms. The van der Waals surface area contributed by atoms with E-state index in [1.165, 1.54) is 0 Å². The maximum absolute atomic E-state index is 12.6. The van der Waals surface area contributed by atoms with Crippen molar-refractivity contribution in [1.29, 1.82) is 0 Å². The molecule has 1 atom stereocenters. The van der Waals surface area contributed by atoms with E-state index >= 15 is 0 Å². The average molecular weight is 273 g/mol. The van der Waals surface area contributed by atoms with E-state index in [0.717, 1.165) is 18.6 Å². The molecule has 1 fully saturated rings. The zero-order chi connectivity index (χ0) is 13.8. The second kappa shape index (κ2) is 6.31. The molecule has 0 saturated carbocycles. The summed E-state index contributed by atoms with van der Waals surface area (Å²) in [4.78, 5) is 14.4. The third-order valence-corrected chi connectivity index (χ3v) is 4.80. The van der Waals surface area contributed by atoms with Gasteiger partial charge in [-0.05, 0) is 39.4 Å². The minimum atomic E-state index is -0.296. The Hall–Kier alpha value is -0.910. The molecule has 1 saturated heterocycles. The quantitative estimate of drug-likeness (QED) is 0.345. The van der Waals surface area contributed by atoms with Crippen LogP contribution in [0.4, 0.5) is 0 Å². The lowest BCUT2D eigenvalue weighted by Gasteiger charge is -2.34. The largest absolute Gasteiger partial charge is 0.409 e. The number of nitrogens with two attached hydrogens (primary N) is 1. The Bertz CT molecular complexity index is 325. The highest BCUT2D eigenvalue weighted by Gasteiger charge is 2.40. The molecule has 0 aromatic heterocycles. The van der Waals surface area contributed by atoms with Crippen LogP contribution in [0.15, 0.2) is 5.16 Å². The SMILES string of the molecule is CC(C)N(CCC(N)=NO)C(=O)C1(C)CCCS1. The standard InChI is InChI=1S/C12H23N3O2S/c1-9(2)15(7-5-10(13)14-17)11(16)12(3)6-4-8-18-12/h9,17H,4-8H2,1-3H3,(H2,13,14). The molecule has 1 unspecified atom stereocenters. The van der Waals surface area contributed by atoms with Crippen molar-refractivity contribution in [3.63, 3.8) is 0 Å². The van der Waals surface area contributed by atoms with Crippen LogP contribution in [0, 0.1) is 0 Å². The van der Waals surface area contributed by atoms with Gasteiger partial charge in [0.25, 0.3) is 0 Å². The Balaban J connectivity index is 2.69. The van der Waals surface area contributed by atoms with E-state index in [2.05, 4.69) is 5.16 Å². The van der Waals surface area contributed by atoms with Gasteiger partial charge in [-0.1, -0.05) is 5.16 Å². The van der Waals surface area contributed by atoms with Gasteiger partial charge in [0.2, 0.25) is 5.91 Å². The summed E-state index contributed by atoms with van der Waals surface area (Å²) in [6, 6.07) is 0.127. The van der Waals surface area contributed by atoms with Crippen LogP contribution in [-0.2, 0) is 4.79 Å². The van der Waals surface area contributed by atoms with Crippen LogP contribution in [0.1, 0.15) is 40.0 Å². The number of amides is 1. The second-order valence-electron chi connectivity index (χ2n) is 5.12. The zero-order valence-electron chi connectivity index (χ0n) is 11.3. The predicted molar refractivity (Wildman–Crippen MR) is 75.0 cm³/mol. The Kier molecular flexibility index (Phi) is 5.31. The fraction of sp³-hybridized carbons (Fsp3) is 0.833. The number of nitrogens with zero attached hydrogens (tertiary/aromatic N) is 2. The molecule has 6 heteroatoms. The van der Waals surface area contributed by atoms with Crippen molar-refractivity contribution in [3.8, 4) is 0 Å². The Labute approximate surface area is 113 Å². The molecule has 18 heavy (non-hydrogen) atoms. The number of rotatable bonds is 5. The molecule has 1 heterocycles. The van der Waals surface area contributed by atoms with E-state index in [0.29, 0.717) is 13.0 Å². The summed E-state index contributed by atoms with van der Waals surface area (Å²) in [5.41, 5.74) is 5.46. The van der Waals surface area contributed by atoms with E-state index in [1.54, 1.807) is 11.8 Å². The molecule has 0 aliphatic carbocycles. The molecule has 3 N–H and O–H groups in total. The first-order chi connectivity index (χ1) is 8.40. The van der Waals surface area contributed by atoms with E-state index < -0.39 is 0 Å². The van der Waals surface area contributed by atoms with Gasteiger partial charge < -0.3 is 15.8 Å². The molecule has 0 aromatic rings. The van der Waals surface area contributed by atoms with Gasteiger partial charge in [0.05, 0.1) is 4.75 Å². The van der Waals surface area contributed by atoms with Gasteiger partial charge >= 0.3 is 0 Å². The van der Waals surface area contributed by atoms with Gasteiger partial charge in [-0.2, -0.15) is 0 Å². The third-order valence-electron chi connectivity index (χ3n) is 3.29. The van der Waals surface area contributed by atoms with Crippen molar-refractivity contribution in [2.45, 2.75) is 50.8 Å². The predicted octanol–water partition coefficient (Wildman–Crippen LogP) is 1.65. The summed E-state index contributed by atoms with van der Waals surface area (Å²) in [5, 5.41) is 11.5. The highest BCUT2D eigenvalue weighted by Crippen LogP contribution is 2.39. The van der Waals surface area contributed by atoms with Crippen LogP contribution < -0.4 is 5.73 Å². The molecule has 104 valence electrons. The minimum absolute atomic E-state index is 0.127. The maximum Gasteiger partial charge on any atom is 0.238 e. The van der Waals surface area contributed by atoms with Gasteiger partial charge in [-0.3, -0.25) is 4.79 Å². The van der Waals surface area contributed by atoms with Gasteiger partial charge in [0, 0.05) is 19.0 Å². The summed E-state index contributed by atoms with van der Waals surface area (Å²) >= 11 is 1.74. The van der Waals surface area contributed by atoms with Crippen LogP contribution in [0.5, 0.6) is 0 Å². The Morgan fingerprint density at radius 2 is 2.28 bits per heavy atom. The Morgan fingerprint density at radius 3 is 2.72 bits per heavy atom. The normalized spacial score (nSPS) is 24.6. The average Bonchev–Trinajstić information content (AvgIpc) is 2.76. The highest BCUT2D eigenvalue weighted by atomic mass is 32.2. The lowest BCUT2D eigenvalue weighted by Crippen LogP contribution is -2.48. The third kappa shape index (κ3) is 3.54. The fourth-order valence-electron chi connectivity index (χ4n) is 2.13. The van der Waals surface area contributed by atoms with Crippen LogP contribution in [-0.4, -0.2) is 44.9 Å². The lowest BCUT2D eigenvalue weighted by molar-refractivity contribution is -0.135. The number of amidine groups is 1. The maximum atomic E-state index is 12.6. The van der Waals surface area contributed by atoms with Crippen LogP contribution in [0.3, 0.4) is 0 Å². The molecule has 0 aromatic carbocycles. The van der Waals surface area contributed by atoms with E-state index in [-0.39, 0.29) is 22.5 Å². The molecular formula is C12H23N3O2S. The van der Waals surface area contributed by atoms with Crippen molar-refractivity contribution in [2.75, 3.05) is 12.3 Å². The van der Waals surface area contributed by atoms with Crippen LogP contribution >= 0.6 is 11.8 Å². The summed E-state index contributed by atoms with van der Waals surface area (Å²) in [6.45, 7) is 6.51. The van der Waals surface area contributed by atoms with E-state index in [4.69, 9.17) is 10.9 Å². The number of hydrogen-bond donors (Lipinski definition) is 2.